The van der Waals surface area contributed by atoms with E-state index in [0.29, 0.717) is 4.48 Å². The summed E-state index contributed by atoms with van der Waals surface area (Å²) in [4.78, 5) is 24.0. The smallest absolute Gasteiger partial charge is 0.309 e. The van der Waals surface area contributed by atoms with Gasteiger partial charge in [-0.15, -0.1) is 0 Å². The van der Waals surface area contributed by atoms with Crippen LogP contribution in [0.2, 0.25) is 0 Å². The number of fused-ring (bicyclic) bond motifs is 3. The van der Waals surface area contributed by atoms with Crippen molar-refractivity contribution in [2.45, 2.75) is 39.7 Å². The Morgan fingerprint density at radius 1 is 1.42 bits per heavy atom. The molecule has 1 aliphatic heterocycles. The number of halogens is 1. The van der Waals surface area contributed by atoms with Crippen molar-refractivity contribution in [3.8, 4) is 0 Å². The van der Waals surface area contributed by atoms with Gasteiger partial charge in [0, 0.05) is 16.9 Å². The first-order valence-electron chi connectivity index (χ1n) is 6.70. The Labute approximate surface area is 121 Å². The second-order valence-electron chi connectivity index (χ2n) is 6.13. The van der Waals surface area contributed by atoms with E-state index in [0.717, 1.165) is 24.0 Å². The lowest BCUT2D eigenvalue weighted by Gasteiger charge is -2.43. The van der Waals surface area contributed by atoms with Crippen LogP contribution in [0.3, 0.4) is 0 Å². The third kappa shape index (κ3) is 1.69. The van der Waals surface area contributed by atoms with Gasteiger partial charge >= 0.3 is 5.97 Å². The van der Waals surface area contributed by atoms with Crippen LogP contribution in [0.5, 0.6) is 0 Å². The van der Waals surface area contributed by atoms with Crippen LogP contribution in [-0.4, -0.2) is 17.9 Å². The molecule has 0 bridgehead atoms. The summed E-state index contributed by atoms with van der Waals surface area (Å²) < 4.78 is 6.20. The van der Waals surface area contributed by atoms with Crippen molar-refractivity contribution < 1.29 is 14.3 Å². The molecule has 102 valence electrons. The average Bonchev–Trinajstić information content (AvgIpc) is 2.61. The fourth-order valence-corrected chi connectivity index (χ4v) is 4.60. The second-order valence-corrected chi connectivity index (χ2v) is 6.98. The molecule has 0 radical (unpaired) electrons. The zero-order valence-electron chi connectivity index (χ0n) is 11.3. The molecule has 4 heteroatoms. The topological polar surface area (TPSA) is 43.4 Å². The molecule has 3 nitrogen and oxygen atoms in total. The maximum Gasteiger partial charge on any atom is 0.309 e. The van der Waals surface area contributed by atoms with Gasteiger partial charge in [-0.25, -0.2) is 0 Å². The molecule has 0 amide bonds. The summed E-state index contributed by atoms with van der Waals surface area (Å²) in [6.45, 7) is 5.91. The number of hydrogen-bond acceptors (Lipinski definition) is 3. The monoisotopic (exact) mass is 324 g/mol. The van der Waals surface area contributed by atoms with Crippen LogP contribution in [0.25, 0.3) is 0 Å². The molecule has 3 rings (SSSR count). The summed E-state index contributed by atoms with van der Waals surface area (Å²) in [7, 11) is 0. The highest BCUT2D eigenvalue weighted by Gasteiger charge is 2.53. The minimum Gasteiger partial charge on any atom is -0.457 e. The minimum absolute atomic E-state index is 0.0173. The lowest BCUT2D eigenvalue weighted by molar-refractivity contribution is -0.143. The van der Waals surface area contributed by atoms with Crippen LogP contribution in [0.15, 0.2) is 21.7 Å². The molecule has 1 saturated carbocycles. The normalized spacial score (nSPS) is 41.7. The molecular formula is C15H17BrO3. The molecule has 0 N–H and O–H groups in total. The predicted octanol–water partition coefficient (Wildman–Crippen LogP) is 3.14. The standard InChI is InChI=1S/C15H17BrO3/c1-7-9-4-5-15(3)6-10(16)12(17)8(2)11(15)13(9)19-14(7)18/h6-7,9,13H,4-5H2,1-3H3/t7-,9-,13+,15+/m0/s1. The summed E-state index contributed by atoms with van der Waals surface area (Å²) in [6.07, 6.45) is 3.71. The number of Topliss-reactive ketones (excluding diaryl/α,β-unsaturated/α-hetero) is 1. The summed E-state index contributed by atoms with van der Waals surface area (Å²) >= 11 is 3.36. The average molecular weight is 325 g/mol. The maximum absolute atomic E-state index is 12.2. The van der Waals surface area contributed by atoms with Gasteiger partial charge < -0.3 is 4.74 Å². The van der Waals surface area contributed by atoms with Gasteiger partial charge in [0.15, 0.2) is 5.78 Å². The molecule has 1 heterocycles. The molecule has 0 aromatic rings. The minimum atomic E-state index is -0.206. The molecule has 2 fully saturated rings. The number of carbonyl (C=O) groups excluding carboxylic acids is 2. The van der Waals surface area contributed by atoms with Gasteiger partial charge in [-0.3, -0.25) is 9.59 Å². The van der Waals surface area contributed by atoms with Crippen LogP contribution in [-0.2, 0) is 14.3 Å². The number of esters is 1. The third-order valence-corrected chi connectivity index (χ3v) is 5.54. The van der Waals surface area contributed by atoms with Crippen LogP contribution < -0.4 is 0 Å². The van der Waals surface area contributed by atoms with Gasteiger partial charge in [0.2, 0.25) is 0 Å². The lowest BCUT2D eigenvalue weighted by Crippen LogP contribution is -2.40. The van der Waals surface area contributed by atoms with E-state index in [9.17, 15) is 9.59 Å². The Balaban J connectivity index is 2.12. The Bertz CT molecular complexity index is 546. The summed E-state index contributed by atoms with van der Waals surface area (Å²) in [5.41, 5.74) is 1.60. The van der Waals surface area contributed by atoms with Crippen molar-refractivity contribution in [3.05, 3.63) is 21.7 Å². The van der Waals surface area contributed by atoms with Crippen molar-refractivity contribution >= 4 is 27.7 Å². The number of rotatable bonds is 0. The molecule has 19 heavy (non-hydrogen) atoms. The van der Waals surface area contributed by atoms with Gasteiger partial charge in [0.1, 0.15) is 6.10 Å². The summed E-state index contributed by atoms with van der Waals surface area (Å²) in [5.74, 6) is 0.0623. The van der Waals surface area contributed by atoms with Crippen LogP contribution in [0, 0.1) is 17.3 Å². The van der Waals surface area contributed by atoms with Gasteiger partial charge in [0.25, 0.3) is 0 Å². The Morgan fingerprint density at radius 2 is 2.11 bits per heavy atom. The fourth-order valence-electron chi connectivity index (χ4n) is 3.80. The van der Waals surface area contributed by atoms with E-state index in [1.54, 1.807) is 0 Å². The van der Waals surface area contributed by atoms with Crippen molar-refractivity contribution in [2.24, 2.45) is 17.3 Å². The molecule has 4 atom stereocenters. The molecule has 0 unspecified atom stereocenters. The summed E-state index contributed by atoms with van der Waals surface area (Å²) in [6, 6.07) is 0. The molecular weight excluding hydrogens is 308 g/mol. The maximum atomic E-state index is 12.2. The highest BCUT2D eigenvalue weighted by Crippen LogP contribution is 2.54. The highest BCUT2D eigenvalue weighted by molar-refractivity contribution is 9.12. The quantitative estimate of drug-likeness (QED) is 0.643. The van der Waals surface area contributed by atoms with E-state index in [-0.39, 0.29) is 35.1 Å². The van der Waals surface area contributed by atoms with Crippen LogP contribution in [0.1, 0.15) is 33.6 Å². The van der Waals surface area contributed by atoms with Gasteiger partial charge in [-0.05, 0) is 41.3 Å². The summed E-state index contributed by atoms with van der Waals surface area (Å²) in [5, 5.41) is 0. The Kier molecular flexibility index (Phi) is 2.79. The first-order valence-corrected chi connectivity index (χ1v) is 7.49. The first kappa shape index (κ1) is 13.1. The number of ether oxygens (including phenoxy) is 1. The Hall–Kier alpha value is -0.900. The van der Waals surface area contributed by atoms with Gasteiger partial charge in [-0.2, -0.15) is 0 Å². The van der Waals surface area contributed by atoms with E-state index in [1.807, 2.05) is 19.9 Å². The van der Waals surface area contributed by atoms with E-state index in [4.69, 9.17) is 4.74 Å². The molecule has 3 aliphatic rings. The van der Waals surface area contributed by atoms with E-state index in [2.05, 4.69) is 22.9 Å². The predicted molar refractivity (Wildman–Crippen MR) is 74.6 cm³/mol. The van der Waals surface area contributed by atoms with Crippen LogP contribution in [0.4, 0.5) is 0 Å². The lowest BCUT2D eigenvalue weighted by atomic mass is 9.62. The molecule has 1 saturated heterocycles. The first-order chi connectivity index (χ1) is 8.85. The van der Waals surface area contributed by atoms with E-state index in [1.165, 1.54) is 0 Å². The van der Waals surface area contributed by atoms with Crippen molar-refractivity contribution in [3.63, 3.8) is 0 Å². The van der Waals surface area contributed by atoms with Crippen LogP contribution >= 0.6 is 15.9 Å². The molecule has 2 aliphatic carbocycles. The van der Waals surface area contributed by atoms with Crippen molar-refractivity contribution in [1.29, 1.82) is 0 Å². The molecule has 0 aromatic heterocycles. The number of ketones is 1. The zero-order chi connectivity index (χ0) is 13.9. The van der Waals surface area contributed by atoms with Crippen molar-refractivity contribution in [2.75, 3.05) is 0 Å². The van der Waals surface area contributed by atoms with Gasteiger partial charge in [0.05, 0.1) is 10.4 Å². The number of hydrogen-bond donors (Lipinski definition) is 0. The van der Waals surface area contributed by atoms with E-state index >= 15 is 0 Å². The molecule has 0 spiro atoms. The Morgan fingerprint density at radius 3 is 2.79 bits per heavy atom. The van der Waals surface area contributed by atoms with E-state index < -0.39 is 0 Å². The number of carbonyl (C=O) groups is 2. The SMILES string of the molecule is CC1=C2[C@@H]3OC(=O)[C@@H](C)[C@@H]3CC[C@]2(C)C=C(Br)C1=O. The largest absolute Gasteiger partial charge is 0.457 e. The second kappa shape index (κ2) is 4.05. The zero-order valence-corrected chi connectivity index (χ0v) is 12.9. The fraction of sp³-hybridized carbons (Fsp3) is 0.600. The van der Waals surface area contributed by atoms with Gasteiger partial charge in [-0.1, -0.05) is 19.9 Å². The highest BCUT2D eigenvalue weighted by atomic mass is 79.9. The molecule has 0 aromatic carbocycles. The number of allylic oxidation sites excluding steroid dienone is 3. The van der Waals surface area contributed by atoms with Crippen molar-refractivity contribution in [1.82, 2.24) is 0 Å². The third-order valence-electron chi connectivity index (χ3n) is 4.95.